The lowest BCUT2D eigenvalue weighted by Crippen LogP contribution is -2.32. The van der Waals surface area contributed by atoms with Crippen molar-refractivity contribution in [2.24, 2.45) is 7.05 Å². The van der Waals surface area contributed by atoms with Gasteiger partial charge in [-0.25, -0.2) is 0 Å². The van der Waals surface area contributed by atoms with E-state index >= 15 is 0 Å². The zero-order valence-corrected chi connectivity index (χ0v) is 40.8. The Balaban J connectivity index is 0.000000685. The third-order valence-corrected chi connectivity index (χ3v) is 9.28. The molecule has 0 bridgehead atoms. The highest BCUT2D eigenvalue weighted by molar-refractivity contribution is 7.09. The Morgan fingerprint density at radius 1 is 0.635 bits per heavy atom. The highest BCUT2D eigenvalue weighted by Gasteiger charge is 2.02. The number of aromatic nitrogens is 4. The number of thiophene rings is 2. The van der Waals surface area contributed by atoms with Crippen LogP contribution in [0, 0.1) is 55.4 Å². The fourth-order valence-electron chi connectivity index (χ4n) is 4.15. The maximum atomic E-state index is 9.50. The summed E-state index contributed by atoms with van der Waals surface area (Å²) in [7, 11) is 4.52. The molecule has 1 N–H and O–H groups in total. The summed E-state index contributed by atoms with van der Waals surface area (Å²) in [6.07, 6.45) is 16.0. The zero-order chi connectivity index (χ0) is 46.9. The van der Waals surface area contributed by atoms with Gasteiger partial charge in [-0.05, 0) is 160 Å². The van der Waals surface area contributed by atoms with Gasteiger partial charge in [0.05, 0.1) is 52.0 Å². The van der Waals surface area contributed by atoms with Crippen molar-refractivity contribution in [1.29, 1.82) is 0 Å². The second kappa shape index (κ2) is 39.4. The predicted molar refractivity (Wildman–Crippen MR) is 263 cm³/mol. The minimum Gasteiger partial charge on any atom is -0.472 e. The Kier molecular flexibility index (Phi) is 35.9. The van der Waals surface area contributed by atoms with Crippen LogP contribution in [0.5, 0.6) is 0 Å². The van der Waals surface area contributed by atoms with Crippen molar-refractivity contribution in [3.63, 3.8) is 0 Å². The molecule has 8 heterocycles. The molecule has 1 aromatic carbocycles. The van der Waals surface area contributed by atoms with E-state index < -0.39 is 0 Å². The molecule has 1 aliphatic heterocycles. The maximum absolute atomic E-state index is 9.50. The number of morpholine rings is 1. The number of furan rings is 2. The number of aryl methyl sites for hydroxylation is 9. The minimum atomic E-state index is 0.139. The van der Waals surface area contributed by atoms with Crippen molar-refractivity contribution in [1.82, 2.24) is 24.6 Å². The Morgan fingerprint density at radius 2 is 1.32 bits per heavy atom. The molecule has 0 radical (unpaired) electrons. The van der Waals surface area contributed by atoms with Crippen molar-refractivity contribution in [2.45, 2.75) is 62.0 Å². The van der Waals surface area contributed by atoms with Crippen molar-refractivity contribution in [3.8, 4) is 0 Å². The van der Waals surface area contributed by atoms with Crippen LogP contribution in [0.15, 0.2) is 166 Å². The lowest BCUT2D eigenvalue weighted by Gasteiger charge is -2.21. The Bertz CT molecular complexity index is 1870. The highest BCUT2D eigenvalue weighted by Crippen LogP contribution is 2.04. The molecular weight excluding hydrogens is 830 g/mol. The number of ether oxygens (including phenoxy) is 1. The van der Waals surface area contributed by atoms with E-state index in [9.17, 15) is 4.39 Å². The summed E-state index contributed by atoms with van der Waals surface area (Å²) in [5.41, 5.74) is 8.42. The SMILES string of the molecule is CF.CN1CCOCC1.Cc1ccc(CO)cc1.Cc1cccnc1.Cc1ccco1.Cc1cccs1.Cc1ccncc1.Cc1ccoc1.Cc1ccsc1.Cc1cnn(C)c1. The number of likely N-dealkylation sites (N-methyl/N-ethyl adjacent to an activating group) is 1. The first kappa shape index (κ1) is 57.5. The van der Waals surface area contributed by atoms with Crippen LogP contribution in [0.25, 0.3) is 0 Å². The van der Waals surface area contributed by atoms with Gasteiger partial charge in [-0.1, -0.05) is 42.0 Å². The number of rotatable bonds is 1. The summed E-state index contributed by atoms with van der Waals surface area (Å²) in [5, 5.41) is 18.8. The van der Waals surface area contributed by atoms with Crippen molar-refractivity contribution in [3.05, 3.63) is 207 Å². The molecule has 9 rings (SSSR count). The molecule has 1 aliphatic rings. The van der Waals surface area contributed by atoms with Crippen molar-refractivity contribution in [2.75, 3.05) is 40.5 Å². The molecule has 7 aromatic heterocycles. The number of aliphatic hydroxyl groups is 1. The molecule has 0 unspecified atom stereocenters. The van der Waals surface area contributed by atoms with E-state index in [0.29, 0.717) is 7.18 Å². The van der Waals surface area contributed by atoms with Crippen molar-refractivity contribution >= 4 is 22.7 Å². The third-order valence-electron chi connectivity index (χ3n) is 7.68. The molecule has 342 valence electrons. The van der Waals surface area contributed by atoms with Gasteiger partial charge in [-0.3, -0.25) is 19.0 Å². The van der Waals surface area contributed by atoms with Gasteiger partial charge in [-0.15, -0.1) is 11.3 Å². The molecule has 0 saturated carbocycles. The van der Waals surface area contributed by atoms with Crippen LogP contribution < -0.4 is 0 Å². The summed E-state index contributed by atoms with van der Waals surface area (Å²) in [6, 6.07) is 27.7. The van der Waals surface area contributed by atoms with Gasteiger partial charge in [0.2, 0.25) is 0 Å². The number of hydrogen-bond donors (Lipinski definition) is 1. The van der Waals surface area contributed by atoms with Gasteiger partial charge in [0.25, 0.3) is 0 Å². The Morgan fingerprint density at radius 3 is 1.56 bits per heavy atom. The second-order valence-electron chi connectivity index (χ2n) is 13.9. The summed E-state index contributed by atoms with van der Waals surface area (Å²) in [4.78, 5) is 11.4. The molecule has 63 heavy (non-hydrogen) atoms. The monoisotopic (exact) mass is 899 g/mol. The smallest absolute Gasteiger partial charge is 0.100 e. The van der Waals surface area contributed by atoms with E-state index in [4.69, 9.17) is 18.7 Å². The lowest BCUT2D eigenvalue weighted by atomic mass is 10.2. The quantitative estimate of drug-likeness (QED) is 0.174. The van der Waals surface area contributed by atoms with Gasteiger partial charge >= 0.3 is 0 Å². The topological polar surface area (TPSA) is 103 Å². The van der Waals surface area contributed by atoms with E-state index in [1.54, 1.807) is 64.7 Å². The van der Waals surface area contributed by atoms with Crippen molar-refractivity contribution < 1.29 is 23.1 Å². The van der Waals surface area contributed by atoms with Crippen LogP contribution in [-0.4, -0.2) is 70.3 Å². The summed E-state index contributed by atoms with van der Waals surface area (Å²) in [6.45, 7) is 20.4. The normalized spacial score (nSPS) is 10.6. The molecule has 9 nitrogen and oxygen atoms in total. The average molecular weight is 900 g/mol. The zero-order valence-electron chi connectivity index (χ0n) is 39.1. The maximum Gasteiger partial charge on any atom is 0.100 e. The number of benzene rings is 1. The minimum absolute atomic E-state index is 0.139. The van der Waals surface area contributed by atoms with Crippen LogP contribution in [0.2, 0.25) is 0 Å². The molecule has 1 fully saturated rings. The third kappa shape index (κ3) is 36.8. The molecular formula is C51H70FN5O4S2. The van der Waals surface area contributed by atoms with Gasteiger partial charge < -0.3 is 23.6 Å². The molecule has 1 saturated heterocycles. The highest BCUT2D eigenvalue weighted by atomic mass is 32.1. The first-order valence-corrected chi connectivity index (χ1v) is 22.2. The molecule has 12 heteroatoms. The fourth-order valence-corrected chi connectivity index (χ4v) is 5.35. The number of alkyl halides is 1. The number of pyridine rings is 2. The van der Waals surface area contributed by atoms with Crippen LogP contribution in [-0.2, 0) is 18.4 Å². The second-order valence-corrected chi connectivity index (χ2v) is 15.8. The summed E-state index contributed by atoms with van der Waals surface area (Å²) >= 11 is 3.52. The summed E-state index contributed by atoms with van der Waals surface area (Å²) in [5.74, 6) is 0.968. The number of aliphatic hydroxyl groups excluding tert-OH is 1. The number of nitrogens with zero attached hydrogens (tertiary/aromatic N) is 5. The van der Waals surface area contributed by atoms with Gasteiger partial charge in [0, 0.05) is 56.0 Å². The predicted octanol–water partition coefficient (Wildman–Crippen LogP) is 12.8. The van der Waals surface area contributed by atoms with Gasteiger partial charge in [0.1, 0.15) is 5.76 Å². The van der Waals surface area contributed by atoms with E-state index in [1.165, 1.54) is 38.3 Å². The molecule has 8 aromatic rings. The van der Waals surface area contributed by atoms with Crippen LogP contribution in [0.3, 0.4) is 0 Å². The van der Waals surface area contributed by atoms with E-state index in [2.05, 4.69) is 75.2 Å². The van der Waals surface area contributed by atoms with Gasteiger partial charge in [-0.2, -0.15) is 16.4 Å². The molecule has 0 spiro atoms. The summed E-state index contributed by atoms with van der Waals surface area (Å²) < 4.78 is 25.9. The standard InChI is InChI=1S/C8H10O.2C6H7N.C5H8N2.C5H11NO.2C5H6O.2C5H6S.CH3F/c1-7-2-4-8(6-9)5-3-7;1-6-2-4-7-5-3-6;1-6-3-2-4-7-5-6;1-5-3-6-7(2)4-5;1-6-2-4-7-5-3-6;1-5-2-3-6-4-5;1-5-3-2-4-6-5;1-5-2-3-6-4-5;1-5-3-2-4-6-5;1-2/h2-5,9H,6H2,1H3;2*2-5H,1H3;3-4H,1-2H3;2-5H2,1H3;4*2-4H,1H3;1H3. The molecule has 0 aliphatic carbocycles. The number of hydrogen-bond acceptors (Lipinski definition) is 10. The Labute approximate surface area is 384 Å². The molecule has 0 atom stereocenters. The largest absolute Gasteiger partial charge is 0.472 e. The lowest BCUT2D eigenvalue weighted by molar-refractivity contribution is 0.0503. The van der Waals surface area contributed by atoms with Crippen LogP contribution in [0.4, 0.5) is 4.39 Å². The van der Waals surface area contributed by atoms with Gasteiger partial charge in [0.15, 0.2) is 0 Å². The molecule has 0 amide bonds. The number of halogens is 1. The van der Waals surface area contributed by atoms with Crippen LogP contribution in [0.1, 0.15) is 49.6 Å². The average Bonchev–Trinajstić information content (AvgIpc) is 4.18. The fraction of sp³-hybridized carbons (Fsp3) is 0.314. The van der Waals surface area contributed by atoms with E-state index in [1.807, 2.05) is 134 Å². The van der Waals surface area contributed by atoms with Crippen LogP contribution >= 0.6 is 22.7 Å². The Hall–Kier alpha value is -5.50. The first-order chi connectivity index (χ1) is 30.4. The van der Waals surface area contributed by atoms with E-state index in [0.717, 1.165) is 37.6 Å². The van der Waals surface area contributed by atoms with E-state index in [-0.39, 0.29) is 6.61 Å². The first-order valence-electron chi connectivity index (χ1n) is 20.3.